The van der Waals surface area contributed by atoms with E-state index in [1.54, 1.807) is 11.9 Å². The van der Waals surface area contributed by atoms with Gasteiger partial charge < -0.3 is 30.9 Å². The van der Waals surface area contributed by atoms with Crippen molar-refractivity contribution >= 4 is 30.1 Å². The molecule has 0 radical (unpaired) electrons. The first-order valence-electron chi connectivity index (χ1n) is 16.2. The lowest BCUT2D eigenvalue weighted by Crippen LogP contribution is -2.47. The number of nitrogens with one attached hydrogen (secondary N) is 3. The van der Waals surface area contributed by atoms with Gasteiger partial charge in [-0.05, 0) is 88.5 Å². The summed E-state index contributed by atoms with van der Waals surface area (Å²) in [7, 11) is 1.73. The van der Waals surface area contributed by atoms with E-state index in [1.165, 1.54) is 30.6 Å². The molecular weight excluding hydrogens is 538 g/mol. The van der Waals surface area contributed by atoms with Crippen molar-refractivity contribution in [1.82, 2.24) is 25.8 Å². The number of likely N-dealkylation sites (N-methyl/N-ethyl adjacent to an activating group) is 1. The number of carboxylic acids is 1. The molecule has 236 valence electrons. The van der Waals surface area contributed by atoms with Crippen LogP contribution in [-0.2, 0) is 24.0 Å². The molecule has 1 heterocycles. The fraction of sp³-hybridized carbons (Fsp3) is 0.839. The number of amides is 4. The predicted octanol–water partition coefficient (Wildman–Crippen LogP) is 2.04. The Morgan fingerprint density at radius 1 is 0.857 bits per heavy atom. The molecule has 3 aliphatic carbocycles. The Bertz CT molecular complexity index is 946. The highest BCUT2D eigenvalue weighted by Crippen LogP contribution is 2.36. The third-order valence-corrected chi connectivity index (χ3v) is 10.3. The summed E-state index contributed by atoms with van der Waals surface area (Å²) >= 11 is 0. The minimum atomic E-state index is -1.01. The Morgan fingerprint density at radius 3 is 2.12 bits per heavy atom. The molecule has 42 heavy (non-hydrogen) atoms. The summed E-state index contributed by atoms with van der Waals surface area (Å²) in [4.78, 5) is 63.0. The lowest BCUT2D eigenvalue weighted by atomic mass is 9.78. The van der Waals surface area contributed by atoms with Crippen LogP contribution < -0.4 is 16.0 Å². The first-order chi connectivity index (χ1) is 20.2. The zero-order chi connectivity index (χ0) is 30.1. The van der Waals surface area contributed by atoms with Crippen molar-refractivity contribution in [3.63, 3.8) is 0 Å². The highest BCUT2D eigenvalue weighted by Gasteiger charge is 2.38. The summed E-state index contributed by atoms with van der Waals surface area (Å²) in [5, 5.41) is 18.9. The normalized spacial score (nSPS) is 30.9. The quantitative estimate of drug-likeness (QED) is 0.240. The van der Waals surface area contributed by atoms with Gasteiger partial charge in [-0.1, -0.05) is 12.8 Å². The second-order valence-electron chi connectivity index (χ2n) is 13.2. The van der Waals surface area contributed by atoms with E-state index in [0.29, 0.717) is 43.0 Å². The smallest absolute Gasteiger partial charge is 0.305 e. The lowest BCUT2D eigenvalue weighted by Gasteiger charge is -2.36. The maximum absolute atomic E-state index is 12.8. The Balaban J connectivity index is 1.08. The molecule has 4 rings (SSSR count). The summed E-state index contributed by atoms with van der Waals surface area (Å²) in [6.45, 7) is 0.846. The number of rotatable bonds is 13. The molecule has 4 amide bonds. The summed E-state index contributed by atoms with van der Waals surface area (Å²) in [5.41, 5.74) is 0. The number of fused-ring (bicyclic) bond motifs is 1. The van der Waals surface area contributed by atoms with Gasteiger partial charge in [-0.3, -0.25) is 24.0 Å². The van der Waals surface area contributed by atoms with E-state index in [0.717, 1.165) is 57.9 Å². The molecule has 0 spiro atoms. The van der Waals surface area contributed by atoms with Crippen LogP contribution in [0.4, 0.5) is 0 Å². The van der Waals surface area contributed by atoms with E-state index in [2.05, 4.69) is 16.0 Å². The van der Waals surface area contributed by atoms with Crippen LogP contribution in [0.2, 0.25) is 0 Å². The molecule has 0 bridgehead atoms. The first kappa shape index (κ1) is 32.2. The van der Waals surface area contributed by atoms with Gasteiger partial charge in [0.15, 0.2) is 0 Å². The van der Waals surface area contributed by atoms with Gasteiger partial charge in [-0.2, -0.15) is 0 Å². The molecule has 4 aliphatic rings. The van der Waals surface area contributed by atoms with Crippen LogP contribution in [0.25, 0.3) is 0 Å². The van der Waals surface area contributed by atoms with Gasteiger partial charge in [0.1, 0.15) is 0 Å². The van der Waals surface area contributed by atoms with Gasteiger partial charge in [0, 0.05) is 50.6 Å². The van der Waals surface area contributed by atoms with Gasteiger partial charge in [0.05, 0.1) is 13.0 Å². The Morgan fingerprint density at radius 2 is 1.48 bits per heavy atom. The van der Waals surface area contributed by atoms with E-state index in [-0.39, 0.29) is 55.4 Å². The third-order valence-electron chi connectivity index (χ3n) is 10.3. The number of hydrogen-bond donors (Lipinski definition) is 4. The standard InChI is InChI=1S/C31H51N5O6/c1-35(30(40)19-36(20-37)15-14-31(41)42)25-12-10-24(11-13-25)33-28(38)16-21-6-8-23(9-7-21)34-29(39)17-22-18-32-27-5-3-2-4-26(22)27/h20-27,32H,2-19H2,1H3,(H,33,38)(H,34,39)(H,41,42). The Kier molecular flexibility index (Phi) is 12.0. The van der Waals surface area contributed by atoms with E-state index >= 15 is 0 Å². The number of carbonyl (C=O) groups excluding carboxylic acids is 4. The van der Waals surface area contributed by atoms with Crippen molar-refractivity contribution in [2.75, 3.05) is 26.7 Å². The molecule has 4 N–H and O–H groups in total. The largest absolute Gasteiger partial charge is 0.481 e. The minimum Gasteiger partial charge on any atom is -0.481 e. The number of hydrogen-bond acceptors (Lipinski definition) is 6. The minimum absolute atomic E-state index is 0.00649. The number of carbonyl (C=O) groups is 5. The Hall–Kier alpha value is -2.69. The maximum atomic E-state index is 12.8. The maximum Gasteiger partial charge on any atom is 0.305 e. The lowest BCUT2D eigenvalue weighted by molar-refractivity contribution is -0.140. The van der Waals surface area contributed by atoms with Gasteiger partial charge in [-0.15, -0.1) is 0 Å². The summed E-state index contributed by atoms with van der Waals surface area (Å²) in [6.07, 6.45) is 13.5. The average molecular weight is 590 g/mol. The van der Waals surface area contributed by atoms with Gasteiger partial charge in [0.25, 0.3) is 0 Å². The van der Waals surface area contributed by atoms with Gasteiger partial charge in [-0.25, -0.2) is 0 Å². The highest BCUT2D eigenvalue weighted by atomic mass is 16.4. The number of aliphatic carboxylic acids is 1. The molecule has 11 nitrogen and oxygen atoms in total. The summed E-state index contributed by atoms with van der Waals surface area (Å²) in [6, 6.07) is 0.975. The molecule has 0 aromatic rings. The van der Waals surface area contributed by atoms with Crippen LogP contribution in [0, 0.1) is 17.8 Å². The fourth-order valence-electron chi connectivity index (χ4n) is 7.74. The van der Waals surface area contributed by atoms with Crippen molar-refractivity contribution in [1.29, 1.82) is 0 Å². The SMILES string of the molecule is CN(C(=O)CN(C=O)CCC(=O)O)C1CCC(NC(=O)CC2CCC(NC(=O)CC3CNC4CCCCC34)CC2)CC1. The zero-order valence-electron chi connectivity index (χ0n) is 25.2. The zero-order valence-corrected chi connectivity index (χ0v) is 25.2. The molecule has 3 unspecified atom stereocenters. The van der Waals surface area contributed by atoms with Gasteiger partial charge >= 0.3 is 5.97 Å². The number of carboxylic acid groups (broad SMARTS) is 1. The van der Waals surface area contributed by atoms with Crippen LogP contribution in [0.15, 0.2) is 0 Å². The van der Waals surface area contributed by atoms with E-state index in [9.17, 15) is 24.0 Å². The van der Waals surface area contributed by atoms with Crippen molar-refractivity contribution in [2.24, 2.45) is 17.8 Å². The predicted molar refractivity (Wildman–Crippen MR) is 157 cm³/mol. The monoisotopic (exact) mass is 589 g/mol. The molecule has 3 saturated carbocycles. The second-order valence-corrected chi connectivity index (χ2v) is 13.2. The van der Waals surface area contributed by atoms with Crippen LogP contribution in [0.3, 0.4) is 0 Å². The third kappa shape index (κ3) is 9.41. The summed E-state index contributed by atoms with van der Waals surface area (Å²) < 4.78 is 0. The van der Waals surface area contributed by atoms with Gasteiger partial charge in [0.2, 0.25) is 24.1 Å². The topological polar surface area (TPSA) is 148 Å². The summed E-state index contributed by atoms with van der Waals surface area (Å²) in [5.74, 6) is 0.539. The second kappa shape index (κ2) is 15.7. The van der Waals surface area contributed by atoms with Crippen LogP contribution in [-0.4, -0.2) is 95.9 Å². The number of nitrogens with zero attached hydrogens (tertiary/aromatic N) is 2. The molecule has 4 fully saturated rings. The molecule has 11 heteroatoms. The molecule has 1 aliphatic heterocycles. The Labute approximate surface area is 249 Å². The van der Waals surface area contributed by atoms with Crippen molar-refractivity contribution < 1.29 is 29.1 Å². The van der Waals surface area contributed by atoms with Crippen molar-refractivity contribution in [3.8, 4) is 0 Å². The van der Waals surface area contributed by atoms with Crippen LogP contribution in [0.5, 0.6) is 0 Å². The molecular formula is C31H51N5O6. The highest BCUT2D eigenvalue weighted by molar-refractivity contribution is 5.80. The van der Waals surface area contributed by atoms with Crippen molar-refractivity contribution in [2.45, 2.75) is 120 Å². The fourth-order valence-corrected chi connectivity index (χ4v) is 7.74. The van der Waals surface area contributed by atoms with E-state index in [4.69, 9.17) is 5.11 Å². The van der Waals surface area contributed by atoms with Crippen molar-refractivity contribution in [3.05, 3.63) is 0 Å². The van der Waals surface area contributed by atoms with Crippen LogP contribution in [0.1, 0.15) is 96.3 Å². The average Bonchev–Trinajstić information content (AvgIpc) is 3.38. The molecule has 0 aromatic carbocycles. The molecule has 3 atom stereocenters. The molecule has 1 saturated heterocycles. The van der Waals surface area contributed by atoms with Crippen LogP contribution >= 0.6 is 0 Å². The van der Waals surface area contributed by atoms with E-state index in [1.807, 2.05) is 0 Å². The molecule has 0 aromatic heterocycles. The van der Waals surface area contributed by atoms with E-state index < -0.39 is 5.97 Å². The first-order valence-corrected chi connectivity index (χ1v) is 16.2.